The average molecular weight is 418 g/mol. The first-order chi connectivity index (χ1) is 12.7. The van der Waals surface area contributed by atoms with Crippen molar-refractivity contribution in [2.45, 2.75) is 31.8 Å². The fourth-order valence-electron chi connectivity index (χ4n) is 3.65. The SMILES string of the molecule is CC1CC(NC(=O)c2cc(-c3ccccc3)nc3ccccc23)CCN1.Cl.Cl. The van der Waals surface area contributed by atoms with Crippen LogP contribution in [0.4, 0.5) is 0 Å². The first kappa shape index (κ1) is 22.2. The monoisotopic (exact) mass is 417 g/mol. The van der Waals surface area contributed by atoms with Gasteiger partial charge in [-0.2, -0.15) is 0 Å². The highest BCUT2D eigenvalue weighted by molar-refractivity contribution is 6.07. The Morgan fingerprint density at radius 2 is 1.79 bits per heavy atom. The number of hydrogen-bond donors (Lipinski definition) is 2. The highest BCUT2D eigenvalue weighted by Gasteiger charge is 2.22. The van der Waals surface area contributed by atoms with Crippen LogP contribution in [-0.2, 0) is 0 Å². The topological polar surface area (TPSA) is 54.0 Å². The minimum absolute atomic E-state index is 0. The van der Waals surface area contributed by atoms with Crippen molar-refractivity contribution in [3.63, 3.8) is 0 Å². The van der Waals surface area contributed by atoms with Gasteiger partial charge in [0, 0.05) is 23.0 Å². The standard InChI is InChI=1S/C22H23N3O.2ClH/c1-15-13-17(11-12-23-15)24-22(26)19-14-21(16-7-3-2-4-8-16)25-20-10-6-5-9-18(19)20;;/h2-10,14-15,17,23H,11-13H2,1H3,(H,24,26);2*1H. The van der Waals surface area contributed by atoms with Gasteiger partial charge in [0.15, 0.2) is 0 Å². The molecule has 4 rings (SSSR count). The van der Waals surface area contributed by atoms with Gasteiger partial charge in [0.25, 0.3) is 5.91 Å². The lowest BCUT2D eigenvalue weighted by Crippen LogP contribution is -2.46. The quantitative estimate of drug-likeness (QED) is 0.653. The molecule has 0 aliphatic carbocycles. The number of nitrogens with one attached hydrogen (secondary N) is 2. The minimum atomic E-state index is -0.0140. The number of hydrogen-bond acceptors (Lipinski definition) is 3. The highest BCUT2D eigenvalue weighted by Crippen LogP contribution is 2.25. The van der Waals surface area contributed by atoms with Crippen LogP contribution in [0, 0.1) is 0 Å². The van der Waals surface area contributed by atoms with Crippen molar-refractivity contribution in [2.75, 3.05) is 6.54 Å². The number of rotatable bonds is 3. The largest absolute Gasteiger partial charge is 0.349 e. The third-order valence-corrected chi connectivity index (χ3v) is 4.99. The molecule has 3 aromatic rings. The van der Waals surface area contributed by atoms with Crippen molar-refractivity contribution in [2.24, 2.45) is 0 Å². The second-order valence-corrected chi connectivity index (χ2v) is 6.99. The third-order valence-electron chi connectivity index (χ3n) is 4.99. The predicted octanol–water partition coefficient (Wildman–Crippen LogP) is 4.62. The van der Waals surface area contributed by atoms with Gasteiger partial charge in [-0.3, -0.25) is 4.79 Å². The molecule has 2 N–H and O–H groups in total. The molecule has 2 unspecified atom stereocenters. The summed E-state index contributed by atoms with van der Waals surface area (Å²) in [6.45, 7) is 3.10. The zero-order chi connectivity index (χ0) is 17.9. The second-order valence-electron chi connectivity index (χ2n) is 6.99. The van der Waals surface area contributed by atoms with E-state index in [1.807, 2.05) is 60.7 Å². The lowest BCUT2D eigenvalue weighted by atomic mass is 9.99. The molecule has 1 aliphatic rings. The van der Waals surface area contributed by atoms with Gasteiger partial charge >= 0.3 is 0 Å². The lowest BCUT2D eigenvalue weighted by Gasteiger charge is -2.28. The van der Waals surface area contributed by atoms with Crippen molar-refractivity contribution in [1.82, 2.24) is 15.6 Å². The van der Waals surface area contributed by atoms with E-state index in [1.54, 1.807) is 0 Å². The Balaban J connectivity index is 0.00000140. The number of fused-ring (bicyclic) bond motifs is 1. The molecule has 4 nitrogen and oxygen atoms in total. The molecule has 0 spiro atoms. The molecule has 1 aliphatic heterocycles. The third kappa shape index (κ3) is 4.82. The van der Waals surface area contributed by atoms with Crippen molar-refractivity contribution < 1.29 is 4.79 Å². The van der Waals surface area contributed by atoms with Crippen LogP contribution in [0.5, 0.6) is 0 Å². The fourth-order valence-corrected chi connectivity index (χ4v) is 3.65. The summed E-state index contributed by atoms with van der Waals surface area (Å²) >= 11 is 0. The van der Waals surface area contributed by atoms with Gasteiger partial charge in [-0.05, 0) is 38.4 Å². The van der Waals surface area contributed by atoms with Crippen LogP contribution >= 0.6 is 24.8 Å². The summed E-state index contributed by atoms with van der Waals surface area (Å²) in [5, 5.41) is 7.55. The number of benzene rings is 2. The Kier molecular flexibility index (Phi) is 7.81. The Labute approximate surface area is 178 Å². The summed E-state index contributed by atoms with van der Waals surface area (Å²) in [6.07, 6.45) is 1.92. The number of carbonyl (C=O) groups is 1. The first-order valence-corrected chi connectivity index (χ1v) is 9.20. The fraction of sp³-hybridized carbons (Fsp3) is 0.273. The van der Waals surface area contributed by atoms with Crippen molar-refractivity contribution in [3.05, 3.63) is 66.2 Å². The molecule has 0 bridgehead atoms. The van der Waals surface area contributed by atoms with E-state index in [2.05, 4.69) is 17.6 Å². The van der Waals surface area contributed by atoms with Gasteiger partial charge in [0.05, 0.1) is 16.8 Å². The van der Waals surface area contributed by atoms with E-state index in [9.17, 15) is 4.79 Å². The van der Waals surface area contributed by atoms with E-state index in [0.717, 1.165) is 41.5 Å². The average Bonchev–Trinajstić information content (AvgIpc) is 2.68. The van der Waals surface area contributed by atoms with Crippen LogP contribution in [0.2, 0.25) is 0 Å². The van der Waals surface area contributed by atoms with Crippen LogP contribution < -0.4 is 10.6 Å². The van der Waals surface area contributed by atoms with E-state index in [-0.39, 0.29) is 36.8 Å². The number of halogens is 2. The second kappa shape index (κ2) is 9.87. The number of para-hydroxylation sites is 1. The maximum atomic E-state index is 13.1. The number of piperidine rings is 1. The predicted molar refractivity (Wildman–Crippen MR) is 120 cm³/mol. The number of pyridine rings is 1. The number of amides is 1. The molecule has 0 saturated carbocycles. The summed E-state index contributed by atoms with van der Waals surface area (Å²) in [6, 6.07) is 20.4. The van der Waals surface area contributed by atoms with Gasteiger partial charge < -0.3 is 10.6 Å². The zero-order valence-electron chi connectivity index (χ0n) is 15.7. The summed E-state index contributed by atoms with van der Waals surface area (Å²) in [5.74, 6) is -0.0140. The lowest BCUT2D eigenvalue weighted by molar-refractivity contribution is 0.0927. The summed E-state index contributed by atoms with van der Waals surface area (Å²) < 4.78 is 0. The van der Waals surface area contributed by atoms with Gasteiger partial charge in [0.2, 0.25) is 0 Å². The molecule has 1 fully saturated rings. The molecule has 1 aromatic heterocycles. The van der Waals surface area contributed by atoms with Crippen molar-refractivity contribution >= 4 is 41.6 Å². The Hall–Kier alpha value is -2.14. The van der Waals surface area contributed by atoms with Crippen LogP contribution in [0.15, 0.2) is 60.7 Å². The molecule has 6 heteroatoms. The van der Waals surface area contributed by atoms with E-state index < -0.39 is 0 Å². The minimum Gasteiger partial charge on any atom is -0.349 e. The number of nitrogens with zero attached hydrogens (tertiary/aromatic N) is 1. The number of aromatic nitrogens is 1. The maximum absolute atomic E-state index is 13.1. The Bertz CT molecular complexity index is 933. The maximum Gasteiger partial charge on any atom is 0.252 e. The van der Waals surface area contributed by atoms with Crippen LogP contribution in [-0.4, -0.2) is 29.5 Å². The molecule has 0 radical (unpaired) electrons. The van der Waals surface area contributed by atoms with Gasteiger partial charge in [-0.25, -0.2) is 4.98 Å². The van der Waals surface area contributed by atoms with Gasteiger partial charge in [0.1, 0.15) is 0 Å². The zero-order valence-corrected chi connectivity index (χ0v) is 17.4. The summed E-state index contributed by atoms with van der Waals surface area (Å²) in [7, 11) is 0. The molecule has 28 heavy (non-hydrogen) atoms. The van der Waals surface area contributed by atoms with Crippen LogP contribution in [0.25, 0.3) is 22.2 Å². The van der Waals surface area contributed by atoms with Gasteiger partial charge in [-0.1, -0.05) is 48.5 Å². The highest BCUT2D eigenvalue weighted by atomic mass is 35.5. The van der Waals surface area contributed by atoms with Crippen molar-refractivity contribution in [1.29, 1.82) is 0 Å². The Morgan fingerprint density at radius 3 is 2.54 bits per heavy atom. The van der Waals surface area contributed by atoms with Crippen molar-refractivity contribution in [3.8, 4) is 11.3 Å². The molecule has 2 heterocycles. The van der Waals surface area contributed by atoms with E-state index in [0.29, 0.717) is 11.6 Å². The normalized spacial score (nSPS) is 18.6. The molecular weight excluding hydrogens is 393 g/mol. The molecular formula is C22H25Cl2N3O. The smallest absolute Gasteiger partial charge is 0.252 e. The molecule has 1 amide bonds. The van der Waals surface area contributed by atoms with Crippen LogP contribution in [0.3, 0.4) is 0 Å². The van der Waals surface area contributed by atoms with Crippen LogP contribution in [0.1, 0.15) is 30.1 Å². The van der Waals surface area contributed by atoms with E-state index in [4.69, 9.17) is 4.98 Å². The number of carbonyl (C=O) groups excluding carboxylic acids is 1. The summed E-state index contributed by atoms with van der Waals surface area (Å²) in [5.41, 5.74) is 3.38. The molecule has 1 saturated heterocycles. The molecule has 2 aromatic carbocycles. The van der Waals surface area contributed by atoms with E-state index >= 15 is 0 Å². The molecule has 148 valence electrons. The summed E-state index contributed by atoms with van der Waals surface area (Å²) in [4.78, 5) is 17.8. The first-order valence-electron chi connectivity index (χ1n) is 9.20. The van der Waals surface area contributed by atoms with Gasteiger partial charge in [-0.15, -0.1) is 24.8 Å². The van der Waals surface area contributed by atoms with E-state index in [1.165, 1.54) is 0 Å². The molecule has 2 atom stereocenters. The Morgan fingerprint density at radius 1 is 1.07 bits per heavy atom.